The quantitative estimate of drug-likeness (QED) is 0.855. The Bertz CT molecular complexity index is 706. The van der Waals surface area contributed by atoms with Gasteiger partial charge in [0.15, 0.2) is 5.76 Å². The molecule has 130 valence electrons. The lowest BCUT2D eigenvalue weighted by Gasteiger charge is -2.13. The Morgan fingerprint density at radius 1 is 1.46 bits per heavy atom. The summed E-state index contributed by atoms with van der Waals surface area (Å²) in [5, 5.41) is 17.5. The van der Waals surface area contributed by atoms with Crippen LogP contribution in [0.25, 0.3) is 0 Å². The Morgan fingerprint density at radius 3 is 2.92 bits per heavy atom. The monoisotopic (exact) mass is 332 g/mol. The van der Waals surface area contributed by atoms with E-state index in [9.17, 15) is 9.90 Å². The first-order valence-corrected chi connectivity index (χ1v) is 8.14. The first kappa shape index (κ1) is 16.7. The maximum Gasteiger partial charge on any atom is 0.289 e. The topological polar surface area (TPSA) is 85.6 Å². The fourth-order valence-corrected chi connectivity index (χ4v) is 3.14. The molecule has 0 aromatic carbocycles. The molecule has 0 bridgehead atoms. The van der Waals surface area contributed by atoms with Crippen molar-refractivity contribution in [1.82, 2.24) is 20.0 Å². The van der Waals surface area contributed by atoms with Gasteiger partial charge in [-0.1, -0.05) is 0 Å². The fraction of sp³-hybridized carbons (Fsp3) is 0.529. The zero-order valence-corrected chi connectivity index (χ0v) is 14.3. The number of aliphatic hydroxyl groups excluding tert-OH is 1. The molecule has 2 aromatic heterocycles. The standard InChI is InChI=1S/C17H24N4O3/c1-11-6-13(19-18-11)7-12-8-21(10-15(12)22)9-14-4-5-16(24-14)17(23)20(2)3/h4-6,12,15,22H,7-10H2,1-3H3,(H,18,19)/t12-,15-/m1/s1. The van der Waals surface area contributed by atoms with Crippen LogP contribution in [0, 0.1) is 12.8 Å². The molecule has 2 N–H and O–H groups in total. The molecule has 3 rings (SSSR count). The normalized spacial score (nSPS) is 21.3. The summed E-state index contributed by atoms with van der Waals surface area (Å²) < 4.78 is 5.63. The van der Waals surface area contributed by atoms with Crippen molar-refractivity contribution < 1.29 is 14.3 Å². The van der Waals surface area contributed by atoms with Crippen molar-refractivity contribution in [3.8, 4) is 0 Å². The smallest absolute Gasteiger partial charge is 0.289 e. The molecule has 24 heavy (non-hydrogen) atoms. The van der Waals surface area contributed by atoms with Crippen LogP contribution in [0.2, 0.25) is 0 Å². The first-order chi connectivity index (χ1) is 11.4. The summed E-state index contributed by atoms with van der Waals surface area (Å²) in [6.45, 7) is 3.95. The van der Waals surface area contributed by atoms with Gasteiger partial charge in [-0.15, -0.1) is 0 Å². The number of aromatic nitrogens is 2. The van der Waals surface area contributed by atoms with Gasteiger partial charge in [0.2, 0.25) is 0 Å². The highest BCUT2D eigenvalue weighted by atomic mass is 16.4. The third-order valence-electron chi connectivity index (χ3n) is 4.37. The number of amides is 1. The van der Waals surface area contributed by atoms with Gasteiger partial charge in [0.25, 0.3) is 5.91 Å². The number of β-amino-alcohol motifs (C(OH)–C–C–N with tert-alkyl or cyclic N) is 1. The lowest BCUT2D eigenvalue weighted by molar-refractivity contribution is 0.0792. The summed E-state index contributed by atoms with van der Waals surface area (Å²) in [6, 6.07) is 5.54. The summed E-state index contributed by atoms with van der Waals surface area (Å²) in [4.78, 5) is 15.5. The summed E-state index contributed by atoms with van der Waals surface area (Å²) in [5.41, 5.74) is 2.01. The average Bonchev–Trinajstić information content (AvgIpc) is 3.22. The van der Waals surface area contributed by atoms with Gasteiger partial charge in [-0.05, 0) is 31.5 Å². The molecule has 2 aromatic rings. The number of aryl methyl sites for hydroxylation is 1. The van der Waals surface area contributed by atoms with Crippen LogP contribution < -0.4 is 0 Å². The second-order valence-electron chi connectivity index (χ2n) is 6.73. The summed E-state index contributed by atoms with van der Waals surface area (Å²) >= 11 is 0. The van der Waals surface area contributed by atoms with E-state index in [1.807, 2.05) is 19.1 Å². The molecule has 0 radical (unpaired) electrons. The van der Waals surface area contributed by atoms with E-state index in [-0.39, 0.29) is 17.9 Å². The fourth-order valence-electron chi connectivity index (χ4n) is 3.14. The highest BCUT2D eigenvalue weighted by Gasteiger charge is 2.32. The van der Waals surface area contributed by atoms with E-state index < -0.39 is 0 Å². The van der Waals surface area contributed by atoms with Crippen molar-refractivity contribution in [2.24, 2.45) is 5.92 Å². The zero-order valence-electron chi connectivity index (χ0n) is 14.3. The number of aromatic amines is 1. The molecule has 3 heterocycles. The van der Waals surface area contributed by atoms with Crippen LogP contribution >= 0.6 is 0 Å². The number of hydrogen-bond acceptors (Lipinski definition) is 5. The number of nitrogens with one attached hydrogen (secondary N) is 1. The lowest BCUT2D eigenvalue weighted by atomic mass is 10.0. The minimum Gasteiger partial charge on any atom is -0.455 e. The minimum atomic E-state index is -0.375. The van der Waals surface area contributed by atoms with Crippen molar-refractivity contribution >= 4 is 5.91 Å². The van der Waals surface area contributed by atoms with Crippen molar-refractivity contribution in [2.75, 3.05) is 27.2 Å². The number of hydrogen-bond donors (Lipinski definition) is 2. The molecule has 0 saturated carbocycles. The van der Waals surface area contributed by atoms with Crippen LogP contribution in [0.5, 0.6) is 0 Å². The highest BCUT2D eigenvalue weighted by Crippen LogP contribution is 2.23. The molecule has 0 aliphatic carbocycles. The predicted octanol–water partition coefficient (Wildman–Crippen LogP) is 1.05. The van der Waals surface area contributed by atoms with Gasteiger partial charge in [0, 0.05) is 38.8 Å². The predicted molar refractivity (Wildman–Crippen MR) is 88.5 cm³/mol. The molecule has 1 amide bonds. The Morgan fingerprint density at radius 2 is 2.25 bits per heavy atom. The van der Waals surface area contributed by atoms with Crippen molar-refractivity contribution in [3.05, 3.63) is 41.1 Å². The number of carbonyl (C=O) groups is 1. The molecule has 1 aliphatic rings. The van der Waals surface area contributed by atoms with Crippen LogP contribution in [0.15, 0.2) is 22.6 Å². The van der Waals surface area contributed by atoms with E-state index >= 15 is 0 Å². The lowest BCUT2D eigenvalue weighted by Crippen LogP contribution is -2.22. The molecule has 7 nitrogen and oxygen atoms in total. The average molecular weight is 332 g/mol. The van der Waals surface area contributed by atoms with Gasteiger partial charge in [-0.2, -0.15) is 5.10 Å². The van der Waals surface area contributed by atoms with Crippen LogP contribution in [0.3, 0.4) is 0 Å². The Kier molecular flexibility index (Phi) is 4.73. The maximum atomic E-state index is 11.9. The van der Waals surface area contributed by atoms with E-state index in [2.05, 4.69) is 15.1 Å². The van der Waals surface area contributed by atoms with E-state index in [1.54, 1.807) is 20.2 Å². The van der Waals surface area contributed by atoms with Crippen LogP contribution in [-0.4, -0.2) is 64.3 Å². The zero-order chi connectivity index (χ0) is 17.3. The van der Waals surface area contributed by atoms with Gasteiger partial charge in [0.05, 0.1) is 18.3 Å². The van der Waals surface area contributed by atoms with Gasteiger partial charge < -0.3 is 14.4 Å². The number of likely N-dealkylation sites (tertiary alicyclic amines) is 1. The van der Waals surface area contributed by atoms with Crippen molar-refractivity contribution in [2.45, 2.75) is 26.0 Å². The molecule has 7 heteroatoms. The number of furan rings is 1. The second-order valence-corrected chi connectivity index (χ2v) is 6.73. The minimum absolute atomic E-state index is 0.144. The van der Waals surface area contributed by atoms with E-state index in [4.69, 9.17) is 4.42 Å². The van der Waals surface area contributed by atoms with Gasteiger partial charge in [-0.25, -0.2) is 0 Å². The number of H-pyrrole nitrogens is 1. The SMILES string of the molecule is Cc1cc(C[C@@H]2CN(Cc3ccc(C(=O)N(C)C)o3)C[C@H]2O)n[nH]1. The number of nitrogens with zero attached hydrogens (tertiary/aromatic N) is 3. The number of aliphatic hydroxyl groups is 1. The molecule has 1 saturated heterocycles. The Balaban J connectivity index is 1.58. The summed E-state index contributed by atoms with van der Waals surface area (Å²) in [5.74, 6) is 1.10. The van der Waals surface area contributed by atoms with Crippen molar-refractivity contribution in [1.29, 1.82) is 0 Å². The number of rotatable bonds is 5. The van der Waals surface area contributed by atoms with E-state index in [0.29, 0.717) is 18.8 Å². The maximum absolute atomic E-state index is 11.9. The second kappa shape index (κ2) is 6.78. The van der Waals surface area contributed by atoms with Crippen LogP contribution in [0.4, 0.5) is 0 Å². The third-order valence-corrected chi connectivity index (χ3v) is 4.37. The van der Waals surface area contributed by atoms with E-state index in [1.165, 1.54) is 4.90 Å². The molecular formula is C17H24N4O3. The van der Waals surface area contributed by atoms with Gasteiger partial charge in [-0.3, -0.25) is 14.8 Å². The van der Waals surface area contributed by atoms with Crippen molar-refractivity contribution in [3.63, 3.8) is 0 Å². The van der Waals surface area contributed by atoms with Crippen LogP contribution in [0.1, 0.15) is 27.7 Å². The molecular weight excluding hydrogens is 308 g/mol. The third kappa shape index (κ3) is 3.68. The largest absolute Gasteiger partial charge is 0.455 e. The molecule has 1 aliphatic heterocycles. The van der Waals surface area contributed by atoms with Gasteiger partial charge in [0.1, 0.15) is 5.76 Å². The molecule has 0 spiro atoms. The summed E-state index contributed by atoms with van der Waals surface area (Å²) in [7, 11) is 3.39. The first-order valence-electron chi connectivity index (χ1n) is 8.14. The Hall–Kier alpha value is -2.12. The van der Waals surface area contributed by atoms with Gasteiger partial charge >= 0.3 is 0 Å². The molecule has 2 atom stereocenters. The molecule has 1 fully saturated rings. The molecule has 0 unspecified atom stereocenters. The van der Waals surface area contributed by atoms with Crippen LogP contribution in [-0.2, 0) is 13.0 Å². The Labute approximate surface area is 141 Å². The highest BCUT2D eigenvalue weighted by molar-refractivity contribution is 5.91. The summed E-state index contributed by atoms with van der Waals surface area (Å²) in [6.07, 6.45) is 0.379. The van der Waals surface area contributed by atoms with E-state index in [0.717, 1.165) is 30.1 Å². The number of carbonyl (C=O) groups excluding carboxylic acids is 1.